The molecule has 2 aliphatic heterocycles. The van der Waals surface area contributed by atoms with Crippen molar-refractivity contribution < 1.29 is 9.90 Å². The Morgan fingerprint density at radius 3 is 2.65 bits per heavy atom. The number of hydrogen-bond acceptors (Lipinski definition) is 8. The van der Waals surface area contributed by atoms with Gasteiger partial charge in [-0.3, -0.25) is 23.8 Å². The number of fused-ring (bicyclic) bond motifs is 1. The van der Waals surface area contributed by atoms with Gasteiger partial charge in [0.05, 0.1) is 17.1 Å². The molecule has 0 spiro atoms. The van der Waals surface area contributed by atoms with Gasteiger partial charge in [-0.15, -0.1) is 0 Å². The Kier molecular flexibility index (Phi) is 8.36. The number of thiocarbonyl (C=S) groups is 1. The lowest BCUT2D eigenvalue weighted by Gasteiger charge is -2.35. The zero-order chi connectivity index (χ0) is 24.1. The van der Waals surface area contributed by atoms with E-state index < -0.39 is 0 Å². The van der Waals surface area contributed by atoms with Crippen molar-refractivity contribution >= 4 is 51.7 Å². The van der Waals surface area contributed by atoms with E-state index in [0.717, 1.165) is 38.8 Å². The number of aliphatic hydroxyl groups is 1. The fraction of sp³-hybridized carbons (Fsp3) is 0.500. The number of nitrogens with zero attached hydrogens (tertiary/aromatic N) is 5. The van der Waals surface area contributed by atoms with Crippen LogP contribution in [0.5, 0.6) is 0 Å². The summed E-state index contributed by atoms with van der Waals surface area (Å²) in [6, 6.07) is 5.46. The van der Waals surface area contributed by atoms with Crippen molar-refractivity contribution in [3.63, 3.8) is 0 Å². The van der Waals surface area contributed by atoms with E-state index in [1.165, 1.54) is 16.2 Å². The van der Waals surface area contributed by atoms with Crippen LogP contribution < -0.4 is 10.5 Å². The highest BCUT2D eigenvalue weighted by Gasteiger charge is 2.32. The molecule has 2 fully saturated rings. The van der Waals surface area contributed by atoms with Crippen LogP contribution in [-0.4, -0.2) is 80.4 Å². The molecule has 4 rings (SSSR count). The van der Waals surface area contributed by atoms with Crippen molar-refractivity contribution in [1.29, 1.82) is 0 Å². The number of anilines is 1. The second-order valence-corrected chi connectivity index (χ2v) is 10.2. The van der Waals surface area contributed by atoms with Crippen LogP contribution in [0.2, 0.25) is 0 Å². The van der Waals surface area contributed by atoms with Gasteiger partial charge in [0.2, 0.25) is 0 Å². The largest absolute Gasteiger partial charge is 0.395 e. The lowest BCUT2D eigenvalue weighted by molar-refractivity contribution is -0.122. The number of rotatable bonds is 9. The van der Waals surface area contributed by atoms with Gasteiger partial charge in [0.1, 0.15) is 15.8 Å². The third kappa shape index (κ3) is 5.35. The molecule has 0 radical (unpaired) electrons. The predicted octanol–water partition coefficient (Wildman–Crippen LogP) is 2.59. The summed E-state index contributed by atoms with van der Waals surface area (Å²) >= 11 is 6.74. The number of thioether (sulfide) groups is 1. The quantitative estimate of drug-likeness (QED) is 0.319. The Morgan fingerprint density at radius 2 is 1.91 bits per heavy atom. The van der Waals surface area contributed by atoms with E-state index in [-0.39, 0.29) is 18.1 Å². The zero-order valence-electron chi connectivity index (χ0n) is 19.5. The monoisotopic (exact) mass is 501 g/mol. The topological polar surface area (TPSA) is 81.4 Å². The maximum absolute atomic E-state index is 13.5. The molecule has 0 unspecified atom stereocenters. The zero-order valence-corrected chi connectivity index (χ0v) is 21.1. The first-order valence-electron chi connectivity index (χ1n) is 11.9. The Balaban J connectivity index is 1.66. The van der Waals surface area contributed by atoms with E-state index in [4.69, 9.17) is 17.2 Å². The number of β-amino-alcohol motifs (C(OH)–C–C–N with tert-alkyl or cyclic N) is 1. The summed E-state index contributed by atoms with van der Waals surface area (Å²) in [5, 5.41) is 9.24. The van der Waals surface area contributed by atoms with Gasteiger partial charge in [0.25, 0.3) is 11.5 Å². The Bertz CT molecular complexity index is 1140. The fourth-order valence-electron chi connectivity index (χ4n) is 4.30. The smallest absolute Gasteiger partial charge is 0.267 e. The van der Waals surface area contributed by atoms with Crippen LogP contribution in [-0.2, 0) is 4.79 Å². The number of piperazine rings is 1. The highest BCUT2D eigenvalue weighted by atomic mass is 32.2. The van der Waals surface area contributed by atoms with E-state index >= 15 is 0 Å². The first-order chi connectivity index (χ1) is 16.5. The summed E-state index contributed by atoms with van der Waals surface area (Å²) in [6.45, 7) is 6.45. The van der Waals surface area contributed by atoms with Crippen LogP contribution in [0, 0.1) is 0 Å². The van der Waals surface area contributed by atoms with Crippen molar-refractivity contribution in [3.05, 3.63) is 45.2 Å². The van der Waals surface area contributed by atoms with Gasteiger partial charge in [-0.2, -0.15) is 0 Å². The van der Waals surface area contributed by atoms with Crippen molar-refractivity contribution in [2.75, 3.05) is 50.8 Å². The van der Waals surface area contributed by atoms with E-state index in [9.17, 15) is 14.7 Å². The molecule has 1 amide bonds. The van der Waals surface area contributed by atoms with Crippen molar-refractivity contribution in [2.24, 2.45) is 0 Å². The summed E-state index contributed by atoms with van der Waals surface area (Å²) in [7, 11) is 0. The number of aliphatic hydroxyl groups excluding tert-OH is 1. The third-order valence-electron chi connectivity index (χ3n) is 6.22. The molecule has 8 nitrogen and oxygen atoms in total. The molecule has 182 valence electrons. The number of aromatic nitrogens is 2. The van der Waals surface area contributed by atoms with Gasteiger partial charge in [-0.1, -0.05) is 56.2 Å². The van der Waals surface area contributed by atoms with Crippen LogP contribution in [0.25, 0.3) is 11.7 Å². The van der Waals surface area contributed by atoms with Gasteiger partial charge in [0, 0.05) is 45.5 Å². The molecule has 4 heterocycles. The summed E-state index contributed by atoms with van der Waals surface area (Å²) in [5.41, 5.74) is 0.776. The van der Waals surface area contributed by atoms with Gasteiger partial charge < -0.3 is 10.0 Å². The number of pyridine rings is 1. The second-order valence-electron chi connectivity index (χ2n) is 8.53. The molecule has 0 aliphatic carbocycles. The van der Waals surface area contributed by atoms with Gasteiger partial charge >= 0.3 is 0 Å². The normalized spacial score (nSPS) is 18.6. The predicted molar refractivity (Wildman–Crippen MR) is 141 cm³/mol. The highest BCUT2D eigenvalue weighted by Crippen LogP contribution is 2.34. The SMILES string of the molecule is CCCCCCN1C(=O)/C(=C\c2c(N3CCN(CCO)CC3)nc3ccccn3c2=O)SC1=S. The minimum absolute atomic E-state index is 0.126. The fourth-order valence-corrected chi connectivity index (χ4v) is 5.59. The second kappa shape index (κ2) is 11.4. The molecule has 2 aromatic rings. The average Bonchev–Trinajstić information content (AvgIpc) is 3.11. The van der Waals surface area contributed by atoms with Crippen molar-refractivity contribution in [2.45, 2.75) is 32.6 Å². The molecular formula is C24H31N5O3S2. The van der Waals surface area contributed by atoms with Crippen molar-refractivity contribution in [3.8, 4) is 0 Å². The summed E-state index contributed by atoms with van der Waals surface area (Å²) in [6.07, 6.45) is 7.62. The molecule has 2 saturated heterocycles. The molecule has 2 aromatic heterocycles. The lowest BCUT2D eigenvalue weighted by atomic mass is 10.2. The number of hydrogen-bond donors (Lipinski definition) is 1. The molecule has 34 heavy (non-hydrogen) atoms. The van der Waals surface area contributed by atoms with Gasteiger partial charge in [-0.05, 0) is 24.6 Å². The summed E-state index contributed by atoms with van der Waals surface area (Å²) in [5.74, 6) is 0.454. The van der Waals surface area contributed by atoms with Crippen LogP contribution in [0.4, 0.5) is 5.82 Å². The highest BCUT2D eigenvalue weighted by molar-refractivity contribution is 8.26. The van der Waals surface area contributed by atoms with Gasteiger partial charge in [0.15, 0.2) is 0 Å². The van der Waals surface area contributed by atoms with Crippen LogP contribution >= 0.6 is 24.0 Å². The Labute approximate surface area is 209 Å². The van der Waals surface area contributed by atoms with Crippen LogP contribution in [0.1, 0.15) is 38.2 Å². The minimum atomic E-state index is -0.202. The Hall–Kier alpha value is -2.27. The van der Waals surface area contributed by atoms with E-state index in [2.05, 4.69) is 16.7 Å². The molecule has 0 atom stereocenters. The first kappa shape index (κ1) is 24.8. The first-order valence-corrected chi connectivity index (χ1v) is 13.1. The Morgan fingerprint density at radius 1 is 1.12 bits per heavy atom. The van der Waals surface area contributed by atoms with E-state index in [1.54, 1.807) is 23.2 Å². The average molecular weight is 502 g/mol. The number of carbonyl (C=O) groups excluding carboxylic acids is 1. The number of carbonyl (C=O) groups is 1. The standard InChI is InChI=1S/C24H31N5O3S2/c1-2-3-4-6-10-29-23(32)19(34-24(29)33)17-18-21(27-13-11-26(12-14-27)15-16-30)25-20-8-5-7-9-28(20)22(18)31/h5,7-9,17,30H,2-4,6,10-16H2,1H3/b19-17+. The minimum Gasteiger partial charge on any atom is -0.395 e. The maximum atomic E-state index is 13.5. The van der Waals surface area contributed by atoms with Crippen LogP contribution in [0.15, 0.2) is 34.1 Å². The summed E-state index contributed by atoms with van der Waals surface area (Å²) in [4.78, 5) is 37.9. The lowest BCUT2D eigenvalue weighted by Crippen LogP contribution is -2.48. The van der Waals surface area contributed by atoms with Crippen molar-refractivity contribution in [1.82, 2.24) is 19.2 Å². The molecule has 0 bridgehead atoms. The van der Waals surface area contributed by atoms with E-state index in [0.29, 0.717) is 52.4 Å². The third-order valence-corrected chi connectivity index (χ3v) is 7.60. The summed E-state index contributed by atoms with van der Waals surface area (Å²) < 4.78 is 2.06. The molecule has 0 aromatic carbocycles. The van der Waals surface area contributed by atoms with E-state index in [1.807, 2.05) is 12.1 Å². The van der Waals surface area contributed by atoms with Crippen LogP contribution in [0.3, 0.4) is 0 Å². The number of unbranched alkanes of at least 4 members (excludes halogenated alkanes) is 3. The van der Waals surface area contributed by atoms with Gasteiger partial charge in [-0.25, -0.2) is 4.98 Å². The molecule has 2 aliphatic rings. The molecule has 1 N–H and O–H groups in total. The molecule has 10 heteroatoms. The number of amides is 1. The molecule has 0 saturated carbocycles. The molecular weight excluding hydrogens is 470 g/mol. The maximum Gasteiger partial charge on any atom is 0.267 e.